The summed E-state index contributed by atoms with van der Waals surface area (Å²) in [6.45, 7) is -0.224. The van der Waals surface area contributed by atoms with Gasteiger partial charge in [-0.25, -0.2) is 9.36 Å². The summed E-state index contributed by atoms with van der Waals surface area (Å²) < 4.78 is 21.7. The van der Waals surface area contributed by atoms with Crippen LogP contribution in [0, 0.1) is 0 Å². The number of hydrogen-bond acceptors (Lipinski definition) is 7. The normalized spacial score (nSPS) is 22.5. The van der Waals surface area contributed by atoms with Gasteiger partial charge in [0.15, 0.2) is 0 Å². The van der Waals surface area contributed by atoms with E-state index in [1.54, 1.807) is 0 Å². The van der Waals surface area contributed by atoms with Crippen LogP contribution in [0.2, 0.25) is 0 Å². The molecule has 0 unspecified atom stereocenters. The highest BCUT2D eigenvalue weighted by atomic mass is 31.2. The molecule has 1 aliphatic heterocycles. The molecule has 0 amide bonds. The third-order valence-electron chi connectivity index (χ3n) is 2.68. The van der Waals surface area contributed by atoms with Crippen molar-refractivity contribution in [3.63, 3.8) is 0 Å². The SMILES string of the molecule is N.Nc1ccn([C@@H]2CC[C@H](COP(=O)(O)O)O2)c(=O)n1. The lowest BCUT2D eigenvalue weighted by Crippen LogP contribution is -2.27. The smallest absolute Gasteiger partial charge is 0.383 e. The summed E-state index contributed by atoms with van der Waals surface area (Å²) in [5.74, 6) is 0.126. The van der Waals surface area contributed by atoms with Gasteiger partial charge in [0, 0.05) is 6.20 Å². The van der Waals surface area contributed by atoms with Gasteiger partial charge in [-0.2, -0.15) is 4.98 Å². The first-order valence-corrected chi connectivity index (χ1v) is 7.08. The summed E-state index contributed by atoms with van der Waals surface area (Å²) >= 11 is 0. The molecule has 10 nitrogen and oxygen atoms in total. The minimum absolute atomic E-state index is 0. The molecule has 0 spiro atoms. The van der Waals surface area contributed by atoms with Gasteiger partial charge in [-0.15, -0.1) is 0 Å². The van der Waals surface area contributed by atoms with E-state index in [9.17, 15) is 9.36 Å². The molecule has 20 heavy (non-hydrogen) atoms. The first-order valence-electron chi connectivity index (χ1n) is 5.55. The second kappa shape index (κ2) is 6.44. The van der Waals surface area contributed by atoms with Crippen LogP contribution in [0.25, 0.3) is 0 Å². The van der Waals surface area contributed by atoms with Crippen molar-refractivity contribution in [2.75, 3.05) is 12.3 Å². The molecule has 11 heteroatoms. The molecule has 0 aromatic carbocycles. The topological polar surface area (TPSA) is 172 Å². The van der Waals surface area contributed by atoms with Crippen LogP contribution in [0.1, 0.15) is 19.1 Å². The number of nitrogens with two attached hydrogens (primary N) is 1. The van der Waals surface area contributed by atoms with E-state index in [1.807, 2.05) is 0 Å². The molecule has 7 N–H and O–H groups in total. The lowest BCUT2D eigenvalue weighted by atomic mass is 10.2. The summed E-state index contributed by atoms with van der Waals surface area (Å²) in [4.78, 5) is 32.3. The predicted octanol–water partition coefficient (Wildman–Crippen LogP) is -0.226. The van der Waals surface area contributed by atoms with E-state index in [0.29, 0.717) is 12.8 Å². The molecule has 0 bridgehead atoms. The number of nitrogen functional groups attached to an aromatic ring is 1. The van der Waals surface area contributed by atoms with Crippen LogP contribution in [-0.4, -0.2) is 32.0 Å². The van der Waals surface area contributed by atoms with Gasteiger partial charge in [0.25, 0.3) is 0 Å². The van der Waals surface area contributed by atoms with E-state index in [-0.39, 0.29) is 18.6 Å². The van der Waals surface area contributed by atoms with E-state index in [0.717, 1.165) is 0 Å². The summed E-state index contributed by atoms with van der Waals surface area (Å²) in [7, 11) is -4.50. The van der Waals surface area contributed by atoms with Gasteiger partial charge in [0.05, 0.1) is 12.7 Å². The zero-order valence-electron chi connectivity index (χ0n) is 10.6. The average molecular weight is 308 g/mol. The molecule has 1 aromatic heterocycles. The van der Waals surface area contributed by atoms with Gasteiger partial charge in [-0.3, -0.25) is 9.09 Å². The monoisotopic (exact) mass is 308 g/mol. The highest BCUT2D eigenvalue weighted by molar-refractivity contribution is 7.46. The van der Waals surface area contributed by atoms with Crippen molar-refractivity contribution in [2.24, 2.45) is 0 Å². The second-order valence-electron chi connectivity index (χ2n) is 4.12. The molecule has 1 saturated heterocycles. The zero-order chi connectivity index (χ0) is 14.0. The molecule has 0 aliphatic carbocycles. The van der Waals surface area contributed by atoms with Crippen molar-refractivity contribution < 1.29 is 23.6 Å². The van der Waals surface area contributed by atoms with Gasteiger partial charge in [0.2, 0.25) is 0 Å². The van der Waals surface area contributed by atoms with Crippen LogP contribution >= 0.6 is 7.82 Å². The molecule has 1 aromatic rings. The molecule has 2 atom stereocenters. The second-order valence-corrected chi connectivity index (χ2v) is 5.36. The number of phosphoric acid groups is 1. The van der Waals surface area contributed by atoms with Crippen molar-refractivity contribution in [1.29, 1.82) is 0 Å². The van der Waals surface area contributed by atoms with Crippen molar-refractivity contribution in [3.8, 4) is 0 Å². The Morgan fingerprint density at radius 1 is 1.55 bits per heavy atom. The third kappa shape index (κ3) is 4.37. The fraction of sp³-hybridized carbons (Fsp3) is 0.556. The highest BCUT2D eigenvalue weighted by Gasteiger charge is 2.29. The summed E-state index contributed by atoms with van der Waals surface area (Å²) in [5, 5.41) is 0. The Hall–Kier alpha value is -1.29. The number of rotatable bonds is 4. The minimum atomic E-state index is -4.50. The van der Waals surface area contributed by atoms with Crippen molar-refractivity contribution in [3.05, 3.63) is 22.7 Å². The fourth-order valence-corrected chi connectivity index (χ4v) is 2.20. The maximum atomic E-state index is 11.6. The van der Waals surface area contributed by atoms with Crippen molar-refractivity contribution in [2.45, 2.75) is 25.2 Å². The van der Waals surface area contributed by atoms with E-state index in [1.165, 1.54) is 16.8 Å². The van der Waals surface area contributed by atoms with E-state index >= 15 is 0 Å². The fourth-order valence-electron chi connectivity index (χ4n) is 1.84. The van der Waals surface area contributed by atoms with Crippen LogP contribution in [0.15, 0.2) is 17.1 Å². The van der Waals surface area contributed by atoms with E-state index < -0.39 is 25.8 Å². The highest BCUT2D eigenvalue weighted by Crippen LogP contribution is 2.37. The van der Waals surface area contributed by atoms with Gasteiger partial charge in [0.1, 0.15) is 12.0 Å². The number of aromatic nitrogens is 2. The maximum Gasteiger partial charge on any atom is 0.469 e. The van der Waals surface area contributed by atoms with Crippen LogP contribution in [-0.2, 0) is 13.8 Å². The number of nitrogens with zero attached hydrogens (tertiary/aromatic N) is 2. The zero-order valence-corrected chi connectivity index (χ0v) is 11.5. The number of hydrogen-bond donors (Lipinski definition) is 4. The molecule has 2 rings (SSSR count). The third-order valence-corrected chi connectivity index (χ3v) is 3.16. The van der Waals surface area contributed by atoms with Gasteiger partial charge in [-0.1, -0.05) is 0 Å². The van der Waals surface area contributed by atoms with Gasteiger partial charge < -0.3 is 26.4 Å². The molecule has 1 aliphatic rings. The first kappa shape index (κ1) is 16.8. The quantitative estimate of drug-likeness (QED) is 0.548. The summed E-state index contributed by atoms with van der Waals surface area (Å²) in [6.07, 6.45) is 1.54. The van der Waals surface area contributed by atoms with Crippen molar-refractivity contribution in [1.82, 2.24) is 15.7 Å². The average Bonchev–Trinajstić information content (AvgIpc) is 2.74. The Labute approximate surface area is 114 Å². The summed E-state index contributed by atoms with van der Waals surface area (Å²) in [5.41, 5.74) is 4.85. The van der Waals surface area contributed by atoms with Gasteiger partial charge in [-0.05, 0) is 18.9 Å². The Kier molecular flexibility index (Phi) is 5.40. The molecule has 0 radical (unpaired) electrons. The lowest BCUT2D eigenvalue weighted by molar-refractivity contribution is -0.0242. The standard InChI is InChI=1S/C9H14N3O6P.H3N/c10-7-3-4-12(9(13)11-7)8-2-1-6(18-8)5-17-19(14,15)16;/h3-4,6,8H,1-2,5H2,(H2,10,11,13)(H2,14,15,16);1H3/t6-,8+;/m1./s1. The van der Waals surface area contributed by atoms with Crippen molar-refractivity contribution >= 4 is 13.6 Å². The molecular weight excluding hydrogens is 291 g/mol. The lowest BCUT2D eigenvalue weighted by Gasteiger charge is -2.15. The van der Waals surface area contributed by atoms with Crippen LogP contribution in [0.4, 0.5) is 5.82 Å². The molecule has 0 saturated carbocycles. The van der Waals surface area contributed by atoms with Crippen LogP contribution < -0.4 is 17.6 Å². The Morgan fingerprint density at radius 3 is 2.85 bits per heavy atom. The molecular formula is C9H17N4O6P. The van der Waals surface area contributed by atoms with Crippen LogP contribution in [0.3, 0.4) is 0 Å². The number of anilines is 1. The summed E-state index contributed by atoms with van der Waals surface area (Å²) in [6, 6.07) is 1.48. The Morgan fingerprint density at radius 2 is 2.25 bits per heavy atom. The minimum Gasteiger partial charge on any atom is -0.383 e. The molecule has 1 fully saturated rings. The van der Waals surface area contributed by atoms with Crippen LogP contribution in [0.5, 0.6) is 0 Å². The predicted molar refractivity (Wildman–Crippen MR) is 69.1 cm³/mol. The Balaban J connectivity index is 0.00000200. The maximum absolute atomic E-state index is 11.6. The number of ether oxygens (including phenoxy) is 1. The Bertz CT molecular complexity index is 558. The molecule has 114 valence electrons. The largest absolute Gasteiger partial charge is 0.469 e. The van der Waals surface area contributed by atoms with E-state index in [4.69, 9.17) is 20.3 Å². The van der Waals surface area contributed by atoms with Gasteiger partial charge >= 0.3 is 13.5 Å². The number of phosphoric ester groups is 1. The van der Waals surface area contributed by atoms with E-state index in [2.05, 4.69) is 9.51 Å². The molecule has 2 heterocycles. The first-order chi connectivity index (χ1) is 8.85.